The number of nitrogens with one attached hydrogen (secondary N) is 1. The van der Waals surface area contributed by atoms with Crippen LogP contribution in [0.3, 0.4) is 0 Å². The standard InChI is InChI=1S/C11H18ClNO2/c1-8(6-7-14-3)11(13-2)9-4-5-10(12)15-9/h4-5,8,11,13H,6-7H2,1-3H3. The molecule has 0 aliphatic rings. The van der Waals surface area contributed by atoms with Crippen LogP contribution >= 0.6 is 11.6 Å². The maximum absolute atomic E-state index is 5.75. The highest BCUT2D eigenvalue weighted by molar-refractivity contribution is 6.28. The first kappa shape index (κ1) is 12.6. The zero-order valence-corrected chi connectivity index (χ0v) is 10.2. The molecule has 15 heavy (non-hydrogen) atoms. The molecule has 0 saturated heterocycles. The van der Waals surface area contributed by atoms with E-state index in [1.54, 1.807) is 13.2 Å². The number of furan rings is 1. The molecule has 1 rings (SSSR count). The molecule has 0 aromatic carbocycles. The summed E-state index contributed by atoms with van der Waals surface area (Å²) in [7, 11) is 3.63. The van der Waals surface area contributed by atoms with Gasteiger partial charge in [-0.2, -0.15) is 0 Å². The van der Waals surface area contributed by atoms with Crippen LogP contribution < -0.4 is 5.32 Å². The van der Waals surface area contributed by atoms with E-state index in [0.29, 0.717) is 11.1 Å². The van der Waals surface area contributed by atoms with Gasteiger partial charge in [0.15, 0.2) is 5.22 Å². The third-order valence-corrected chi connectivity index (χ3v) is 2.76. The number of hydrogen-bond acceptors (Lipinski definition) is 3. The summed E-state index contributed by atoms with van der Waals surface area (Å²) in [5.74, 6) is 1.32. The molecule has 2 atom stereocenters. The summed E-state index contributed by atoms with van der Waals surface area (Å²) >= 11 is 5.75. The molecule has 0 bridgehead atoms. The Balaban J connectivity index is 2.62. The van der Waals surface area contributed by atoms with Gasteiger partial charge in [0.1, 0.15) is 5.76 Å². The molecule has 1 N–H and O–H groups in total. The van der Waals surface area contributed by atoms with Crippen LogP contribution in [0.25, 0.3) is 0 Å². The van der Waals surface area contributed by atoms with Crippen molar-refractivity contribution in [2.75, 3.05) is 20.8 Å². The minimum Gasteiger partial charge on any atom is -0.448 e. The zero-order valence-electron chi connectivity index (χ0n) is 9.42. The Hall–Kier alpha value is -0.510. The van der Waals surface area contributed by atoms with Gasteiger partial charge in [0.2, 0.25) is 0 Å². The first-order valence-electron chi connectivity index (χ1n) is 5.10. The molecule has 0 amide bonds. The molecule has 0 radical (unpaired) electrons. The highest BCUT2D eigenvalue weighted by Crippen LogP contribution is 2.27. The van der Waals surface area contributed by atoms with Crippen molar-refractivity contribution in [2.24, 2.45) is 5.92 Å². The lowest BCUT2D eigenvalue weighted by Gasteiger charge is -2.21. The molecule has 1 heterocycles. The molecule has 86 valence electrons. The Morgan fingerprint density at radius 1 is 1.53 bits per heavy atom. The quantitative estimate of drug-likeness (QED) is 0.818. The molecule has 2 unspecified atom stereocenters. The van der Waals surface area contributed by atoms with Crippen molar-refractivity contribution in [3.05, 3.63) is 23.1 Å². The smallest absolute Gasteiger partial charge is 0.193 e. The first-order chi connectivity index (χ1) is 7.19. The van der Waals surface area contributed by atoms with Gasteiger partial charge in [-0.3, -0.25) is 0 Å². The summed E-state index contributed by atoms with van der Waals surface area (Å²) < 4.78 is 10.5. The SMILES string of the molecule is CNC(c1ccc(Cl)o1)C(C)CCOC. The molecule has 0 fully saturated rings. The van der Waals surface area contributed by atoms with Gasteiger partial charge < -0.3 is 14.5 Å². The van der Waals surface area contributed by atoms with Crippen molar-refractivity contribution in [3.63, 3.8) is 0 Å². The van der Waals surface area contributed by atoms with E-state index in [0.717, 1.165) is 18.8 Å². The predicted octanol–water partition coefficient (Wildman–Crippen LogP) is 2.87. The highest BCUT2D eigenvalue weighted by Gasteiger charge is 2.20. The van der Waals surface area contributed by atoms with Crippen molar-refractivity contribution in [1.29, 1.82) is 0 Å². The molecule has 1 aromatic rings. The monoisotopic (exact) mass is 231 g/mol. The van der Waals surface area contributed by atoms with E-state index < -0.39 is 0 Å². The van der Waals surface area contributed by atoms with Crippen LogP contribution in [0, 0.1) is 5.92 Å². The van der Waals surface area contributed by atoms with Gasteiger partial charge in [-0.05, 0) is 43.1 Å². The van der Waals surface area contributed by atoms with Gasteiger partial charge in [0.05, 0.1) is 6.04 Å². The van der Waals surface area contributed by atoms with Gasteiger partial charge in [-0.25, -0.2) is 0 Å². The number of halogens is 1. The van der Waals surface area contributed by atoms with E-state index >= 15 is 0 Å². The van der Waals surface area contributed by atoms with E-state index in [-0.39, 0.29) is 6.04 Å². The fourth-order valence-corrected chi connectivity index (χ4v) is 1.83. The lowest BCUT2D eigenvalue weighted by Crippen LogP contribution is -2.23. The van der Waals surface area contributed by atoms with E-state index in [9.17, 15) is 0 Å². The van der Waals surface area contributed by atoms with Crippen molar-refractivity contribution < 1.29 is 9.15 Å². The fraction of sp³-hybridized carbons (Fsp3) is 0.636. The Kier molecular flexibility index (Phi) is 5.15. The van der Waals surface area contributed by atoms with E-state index in [2.05, 4.69) is 12.2 Å². The number of hydrogen-bond donors (Lipinski definition) is 1. The molecular weight excluding hydrogens is 214 g/mol. The maximum Gasteiger partial charge on any atom is 0.193 e. The number of methoxy groups -OCH3 is 1. The summed E-state index contributed by atoms with van der Waals surface area (Å²) in [5, 5.41) is 3.67. The Bertz CT molecular complexity index is 288. The molecule has 0 saturated carbocycles. The highest BCUT2D eigenvalue weighted by atomic mass is 35.5. The molecular formula is C11H18ClNO2. The summed E-state index contributed by atoms with van der Waals surface area (Å²) in [4.78, 5) is 0. The van der Waals surface area contributed by atoms with Gasteiger partial charge in [-0.15, -0.1) is 0 Å². The second kappa shape index (κ2) is 6.16. The van der Waals surface area contributed by atoms with Crippen molar-refractivity contribution in [2.45, 2.75) is 19.4 Å². The Morgan fingerprint density at radius 2 is 2.27 bits per heavy atom. The van der Waals surface area contributed by atoms with Crippen molar-refractivity contribution >= 4 is 11.6 Å². The molecule has 0 spiro atoms. The van der Waals surface area contributed by atoms with Crippen LogP contribution in [0.15, 0.2) is 16.5 Å². The maximum atomic E-state index is 5.75. The van der Waals surface area contributed by atoms with Crippen LogP contribution in [0.1, 0.15) is 25.1 Å². The van der Waals surface area contributed by atoms with E-state index in [1.165, 1.54) is 0 Å². The second-order valence-corrected chi connectivity index (χ2v) is 4.04. The summed E-state index contributed by atoms with van der Waals surface area (Å²) in [6.07, 6.45) is 0.986. The van der Waals surface area contributed by atoms with Gasteiger partial charge >= 0.3 is 0 Å². The summed E-state index contributed by atoms with van der Waals surface area (Å²) in [6.45, 7) is 2.92. The van der Waals surface area contributed by atoms with Crippen LogP contribution in [0.5, 0.6) is 0 Å². The Labute approximate surface area is 95.7 Å². The average molecular weight is 232 g/mol. The van der Waals surface area contributed by atoms with Crippen molar-refractivity contribution in [3.8, 4) is 0 Å². The number of ether oxygens (including phenoxy) is 1. The van der Waals surface area contributed by atoms with Crippen LogP contribution in [-0.2, 0) is 4.74 Å². The average Bonchev–Trinajstić information content (AvgIpc) is 2.63. The van der Waals surface area contributed by atoms with Gasteiger partial charge in [0.25, 0.3) is 0 Å². The van der Waals surface area contributed by atoms with Gasteiger partial charge in [0, 0.05) is 13.7 Å². The molecule has 4 heteroatoms. The van der Waals surface area contributed by atoms with E-state index in [4.69, 9.17) is 20.8 Å². The third kappa shape index (κ3) is 3.52. The molecule has 1 aromatic heterocycles. The molecule has 3 nitrogen and oxygen atoms in total. The molecule has 0 aliphatic heterocycles. The largest absolute Gasteiger partial charge is 0.448 e. The van der Waals surface area contributed by atoms with Crippen LogP contribution in [-0.4, -0.2) is 20.8 Å². The summed E-state index contributed by atoms with van der Waals surface area (Å²) in [5.41, 5.74) is 0. The van der Waals surface area contributed by atoms with Crippen LogP contribution in [0.4, 0.5) is 0 Å². The first-order valence-corrected chi connectivity index (χ1v) is 5.48. The van der Waals surface area contributed by atoms with Crippen LogP contribution in [0.2, 0.25) is 5.22 Å². The number of rotatable bonds is 6. The minimum atomic E-state index is 0.188. The topological polar surface area (TPSA) is 34.4 Å². The lowest BCUT2D eigenvalue weighted by atomic mass is 9.97. The lowest BCUT2D eigenvalue weighted by molar-refractivity contribution is 0.168. The zero-order chi connectivity index (χ0) is 11.3. The van der Waals surface area contributed by atoms with Crippen molar-refractivity contribution in [1.82, 2.24) is 5.32 Å². The Morgan fingerprint density at radius 3 is 2.73 bits per heavy atom. The summed E-state index contributed by atoms with van der Waals surface area (Å²) in [6, 6.07) is 3.87. The molecule has 0 aliphatic carbocycles. The third-order valence-electron chi connectivity index (χ3n) is 2.56. The van der Waals surface area contributed by atoms with E-state index in [1.807, 2.05) is 13.1 Å². The minimum absolute atomic E-state index is 0.188. The normalized spacial score (nSPS) is 15.2. The second-order valence-electron chi connectivity index (χ2n) is 3.67. The van der Waals surface area contributed by atoms with Gasteiger partial charge in [-0.1, -0.05) is 6.92 Å². The predicted molar refractivity (Wildman–Crippen MR) is 61.2 cm³/mol. The fourth-order valence-electron chi connectivity index (χ4n) is 1.67.